The van der Waals surface area contributed by atoms with Crippen LogP contribution < -0.4 is 0 Å². The van der Waals surface area contributed by atoms with Gasteiger partial charge >= 0.3 is 0 Å². The molecule has 1 aliphatic carbocycles. The van der Waals surface area contributed by atoms with Crippen molar-refractivity contribution in [2.45, 2.75) is 19.4 Å². The lowest BCUT2D eigenvalue weighted by molar-refractivity contribution is 0.556. The van der Waals surface area contributed by atoms with Crippen molar-refractivity contribution in [1.29, 1.82) is 5.26 Å². The van der Waals surface area contributed by atoms with Crippen LogP contribution in [0.15, 0.2) is 12.1 Å². The minimum atomic E-state index is -0.505. The first-order chi connectivity index (χ1) is 7.79. The fourth-order valence-electron chi connectivity index (χ4n) is 1.82. The Bertz CT molecular complexity index is 592. The second-order valence-electron chi connectivity index (χ2n) is 4.12. The molecule has 0 spiro atoms. The van der Waals surface area contributed by atoms with Crippen LogP contribution in [0.5, 0.6) is 0 Å². The highest BCUT2D eigenvalue weighted by atomic mass is 19.1. The van der Waals surface area contributed by atoms with E-state index < -0.39 is 5.82 Å². The Morgan fingerprint density at radius 3 is 3.00 bits per heavy atom. The van der Waals surface area contributed by atoms with Gasteiger partial charge in [0.05, 0.1) is 0 Å². The monoisotopic (exact) mass is 216 g/mol. The lowest BCUT2D eigenvalue weighted by atomic mass is 10.2. The van der Waals surface area contributed by atoms with Gasteiger partial charge in [0, 0.05) is 6.54 Å². The van der Waals surface area contributed by atoms with Crippen LogP contribution in [-0.2, 0) is 6.54 Å². The van der Waals surface area contributed by atoms with Crippen molar-refractivity contribution in [3.8, 4) is 6.07 Å². The first-order valence-electron chi connectivity index (χ1n) is 5.21. The predicted octanol–water partition coefficient (Wildman–Crippen LogP) is 1.85. The van der Waals surface area contributed by atoms with Crippen molar-refractivity contribution >= 4 is 11.0 Å². The maximum absolute atomic E-state index is 13.4. The van der Waals surface area contributed by atoms with Crippen LogP contribution in [0.3, 0.4) is 0 Å². The van der Waals surface area contributed by atoms with Gasteiger partial charge in [-0.3, -0.25) is 0 Å². The van der Waals surface area contributed by atoms with E-state index in [0.717, 1.165) is 6.54 Å². The van der Waals surface area contributed by atoms with Crippen LogP contribution in [0.4, 0.5) is 4.39 Å². The molecule has 1 saturated carbocycles. The molecule has 1 aliphatic rings. The van der Waals surface area contributed by atoms with Gasteiger partial charge in [-0.2, -0.15) is 5.26 Å². The summed E-state index contributed by atoms with van der Waals surface area (Å²) >= 11 is 0. The van der Waals surface area contributed by atoms with E-state index in [1.807, 2.05) is 6.07 Å². The first kappa shape index (κ1) is 9.28. The molecule has 1 heterocycles. The van der Waals surface area contributed by atoms with Crippen molar-refractivity contribution in [3.63, 3.8) is 0 Å². The Balaban J connectivity index is 2.21. The lowest BCUT2D eigenvalue weighted by Gasteiger charge is -2.01. The van der Waals surface area contributed by atoms with Crippen molar-refractivity contribution in [2.24, 2.45) is 5.92 Å². The molecule has 1 fully saturated rings. The minimum absolute atomic E-state index is 0.0446. The molecule has 0 amide bonds. The molecule has 0 unspecified atom stereocenters. The smallest absolute Gasteiger partial charge is 0.143 e. The normalized spacial score (nSPS) is 15.2. The van der Waals surface area contributed by atoms with Gasteiger partial charge < -0.3 is 0 Å². The van der Waals surface area contributed by atoms with Crippen molar-refractivity contribution in [1.82, 2.24) is 15.0 Å². The van der Waals surface area contributed by atoms with E-state index in [-0.39, 0.29) is 5.56 Å². The second kappa shape index (κ2) is 3.27. The Labute approximate surface area is 91.3 Å². The van der Waals surface area contributed by atoms with Gasteiger partial charge in [-0.25, -0.2) is 9.07 Å². The van der Waals surface area contributed by atoms with Gasteiger partial charge in [-0.15, -0.1) is 5.10 Å². The van der Waals surface area contributed by atoms with Crippen LogP contribution in [0.2, 0.25) is 0 Å². The Morgan fingerprint density at radius 1 is 1.50 bits per heavy atom. The topological polar surface area (TPSA) is 54.5 Å². The third kappa shape index (κ3) is 1.34. The summed E-state index contributed by atoms with van der Waals surface area (Å²) in [6.07, 6.45) is 2.36. The molecule has 5 heteroatoms. The first-order valence-corrected chi connectivity index (χ1v) is 5.21. The molecule has 0 aliphatic heterocycles. The summed E-state index contributed by atoms with van der Waals surface area (Å²) in [4.78, 5) is 0. The van der Waals surface area contributed by atoms with Crippen LogP contribution in [0, 0.1) is 23.1 Å². The number of fused-ring (bicyclic) bond motifs is 1. The van der Waals surface area contributed by atoms with Crippen LogP contribution in [0.1, 0.15) is 18.4 Å². The summed E-state index contributed by atoms with van der Waals surface area (Å²) in [5.41, 5.74) is 1.15. The molecule has 1 aromatic carbocycles. The zero-order valence-electron chi connectivity index (χ0n) is 8.52. The Hall–Kier alpha value is -1.96. The highest BCUT2D eigenvalue weighted by Gasteiger charge is 2.24. The molecule has 2 aromatic rings. The number of halogens is 1. The summed E-state index contributed by atoms with van der Waals surface area (Å²) in [5, 5.41) is 16.9. The zero-order chi connectivity index (χ0) is 11.1. The molecule has 0 N–H and O–H groups in total. The SMILES string of the molecule is N#Cc1c(F)ccc2nnn(CC3CC3)c12. The number of rotatable bonds is 2. The summed E-state index contributed by atoms with van der Waals surface area (Å²) in [6, 6.07) is 4.70. The summed E-state index contributed by atoms with van der Waals surface area (Å²) in [7, 11) is 0. The van der Waals surface area contributed by atoms with E-state index >= 15 is 0 Å². The average Bonchev–Trinajstić information content (AvgIpc) is 3.00. The molecule has 3 rings (SSSR count). The molecule has 0 saturated heterocycles. The largest absolute Gasteiger partial charge is 0.243 e. The van der Waals surface area contributed by atoms with Crippen molar-refractivity contribution < 1.29 is 4.39 Å². The van der Waals surface area contributed by atoms with Crippen molar-refractivity contribution in [3.05, 3.63) is 23.5 Å². The third-order valence-electron chi connectivity index (χ3n) is 2.86. The highest BCUT2D eigenvalue weighted by molar-refractivity contribution is 5.81. The molecule has 1 aromatic heterocycles. The molecule has 0 radical (unpaired) electrons. The van der Waals surface area contributed by atoms with E-state index in [1.54, 1.807) is 10.7 Å². The average molecular weight is 216 g/mol. The van der Waals surface area contributed by atoms with Gasteiger partial charge in [-0.05, 0) is 30.9 Å². The molecule has 4 nitrogen and oxygen atoms in total. The maximum atomic E-state index is 13.4. The van der Waals surface area contributed by atoms with E-state index in [4.69, 9.17) is 5.26 Å². The summed E-state index contributed by atoms with van der Waals surface area (Å²) in [6.45, 7) is 0.731. The minimum Gasteiger partial charge on any atom is -0.243 e. The fraction of sp³-hybridized carbons (Fsp3) is 0.364. The molecule has 0 atom stereocenters. The third-order valence-corrected chi connectivity index (χ3v) is 2.86. The standard InChI is InChI=1S/C11H9FN4/c12-9-3-4-10-11(8(9)5-13)16(15-14-10)6-7-1-2-7/h3-4,7H,1-2,6H2. The zero-order valence-corrected chi connectivity index (χ0v) is 8.52. The summed E-state index contributed by atoms with van der Waals surface area (Å²) < 4.78 is 15.1. The molecule has 80 valence electrons. The van der Waals surface area contributed by atoms with E-state index in [0.29, 0.717) is 17.0 Å². The highest BCUT2D eigenvalue weighted by Crippen LogP contribution is 2.31. The van der Waals surface area contributed by atoms with Gasteiger partial charge in [0.25, 0.3) is 0 Å². The quantitative estimate of drug-likeness (QED) is 0.769. The number of hydrogen-bond acceptors (Lipinski definition) is 3. The van der Waals surface area contributed by atoms with Crippen molar-refractivity contribution in [2.75, 3.05) is 0 Å². The van der Waals surface area contributed by atoms with E-state index in [9.17, 15) is 4.39 Å². The second-order valence-corrected chi connectivity index (χ2v) is 4.12. The fourth-order valence-corrected chi connectivity index (χ4v) is 1.82. The summed E-state index contributed by atoms with van der Waals surface area (Å²) in [5.74, 6) is 0.106. The number of benzene rings is 1. The van der Waals surface area contributed by atoms with Crippen LogP contribution >= 0.6 is 0 Å². The van der Waals surface area contributed by atoms with Crippen LogP contribution in [-0.4, -0.2) is 15.0 Å². The van der Waals surface area contributed by atoms with Gasteiger partial charge in [-0.1, -0.05) is 5.21 Å². The number of nitriles is 1. The predicted molar refractivity (Wildman–Crippen MR) is 54.9 cm³/mol. The van der Waals surface area contributed by atoms with Gasteiger partial charge in [0.2, 0.25) is 0 Å². The molecular formula is C11H9FN4. The van der Waals surface area contributed by atoms with Crippen LogP contribution in [0.25, 0.3) is 11.0 Å². The molecular weight excluding hydrogens is 207 g/mol. The number of aromatic nitrogens is 3. The lowest BCUT2D eigenvalue weighted by Crippen LogP contribution is -2.03. The van der Waals surface area contributed by atoms with E-state index in [1.165, 1.54) is 18.9 Å². The molecule has 16 heavy (non-hydrogen) atoms. The Kier molecular flexibility index (Phi) is 1.90. The molecule has 0 bridgehead atoms. The number of hydrogen-bond donors (Lipinski definition) is 0. The van der Waals surface area contributed by atoms with Gasteiger partial charge in [0.1, 0.15) is 28.5 Å². The van der Waals surface area contributed by atoms with E-state index in [2.05, 4.69) is 10.3 Å². The Morgan fingerprint density at radius 2 is 2.31 bits per heavy atom. The number of nitrogens with zero attached hydrogens (tertiary/aromatic N) is 4. The van der Waals surface area contributed by atoms with Gasteiger partial charge in [0.15, 0.2) is 0 Å². The maximum Gasteiger partial charge on any atom is 0.143 e.